The number of benzene rings is 4. The van der Waals surface area contributed by atoms with Gasteiger partial charge in [-0.05, 0) is 77.1 Å². The summed E-state index contributed by atoms with van der Waals surface area (Å²) in [6.07, 6.45) is 17.6. The van der Waals surface area contributed by atoms with Gasteiger partial charge >= 0.3 is 0 Å². The van der Waals surface area contributed by atoms with Crippen LogP contribution in [0, 0.1) is 5.92 Å². The number of nitrogens with zero attached hydrogens (tertiary/aromatic N) is 5. The third kappa shape index (κ3) is 7.06. The second kappa shape index (κ2) is 14.7. The van der Waals surface area contributed by atoms with Crippen LogP contribution in [0.1, 0.15) is 36.3 Å². The third-order valence-electron chi connectivity index (χ3n) is 9.45. The molecule has 4 aromatic carbocycles. The van der Waals surface area contributed by atoms with Gasteiger partial charge in [0.2, 0.25) is 0 Å². The van der Waals surface area contributed by atoms with Gasteiger partial charge < -0.3 is 0 Å². The van der Waals surface area contributed by atoms with E-state index < -0.39 is 0 Å². The van der Waals surface area contributed by atoms with Gasteiger partial charge in [0.05, 0.1) is 5.71 Å². The molecule has 8 rings (SSSR count). The number of aromatic nitrogens is 4. The number of rotatable bonds is 7. The number of aliphatic imine (C=N–C) groups is 1. The summed E-state index contributed by atoms with van der Waals surface area (Å²) in [5, 5.41) is 0. The molecule has 51 heavy (non-hydrogen) atoms. The Hall–Kier alpha value is -6.33. The quantitative estimate of drug-likeness (QED) is 0.171. The van der Waals surface area contributed by atoms with E-state index in [4.69, 9.17) is 24.9 Å². The molecular formula is C46H37N5. The molecule has 2 unspecified atom stereocenters. The monoisotopic (exact) mass is 659 g/mol. The van der Waals surface area contributed by atoms with Gasteiger partial charge in [0.15, 0.2) is 17.5 Å². The fourth-order valence-electron chi connectivity index (χ4n) is 6.75. The van der Waals surface area contributed by atoms with E-state index in [1.54, 1.807) is 0 Å². The van der Waals surface area contributed by atoms with Crippen molar-refractivity contribution in [3.05, 3.63) is 187 Å². The van der Waals surface area contributed by atoms with Crippen molar-refractivity contribution in [3.63, 3.8) is 0 Å². The first-order valence-electron chi connectivity index (χ1n) is 17.5. The van der Waals surface area contributed by atoms with Crippen LogP contribution >= 0.6 is 0 Å². The van der Waals surface area contributed by atoms with Crippen LogP contribution in [0.25, 0.3) is 50.6 Å². The molecule has 246 valence electrons. The topological polar surface area (TPSA) is 63.9 Å². The van der Waals surface area contributed by atoms with Crippen molar-refractivity contribution in [1.82, 2.24) is 19.9 Å². The molecule has 5 heteroatoms. The molecule has 0 saturated carbocycles. The third-order valence-corrected chi connectivity index (χ3v) is 9.45. The molecule has 6 aromatic rings. The average Bonchev–Trinajstić information content (AvgIpc) is 3.18. The normalized spacial score (nSPS) is 17.6. The molecule has 0 saturated heterocycles. The first-order valence-corrected chi connectivity index (χ1v) is 17.5. The summed E-state index contributed by atoms with van der Waals surface area (Å²) in [5.41, 5.74) is 10.4. The van der Waals surface area contributed by atoms with Gasteiger partial charge in [-0.15, -0.1) is 0 Å². The Morgan fingerprint density at radius 3 is 1.90 bits per heavy atom. The fraction of sp³-hybridized carbons (Fsp3) is 0.109. The van der Waals surface area contributed by atoms with Gasteiger partial charge in [-0.25, -0.2) is 15.0 Å². The zero-order valence-electron chi connectivity index (χ0n) is 28.5. The first-order chi connectivity index (χ1) is 25.2. The number of hydrogen-bond donors (Lipinski definition) is 0. The fourth-order valence-corrected chi connectivity index (χ4v) is 6.75. The first kappa shape index (κ1) is 31.9. The van der Waals surface area contributed by atoms with Crippen molar-refractivity contribution in [2.45, 2.75) is 19.3 Å². The highest BCUT2D eigenvalue weighted by atomic mass is 15.0. The van der Waals surface area contributed by atoms with Crippen LogP contribution in [-0.2, 0) is 0 Å². The van der Waals surface area contributed by atoms with Gasteiger partial charge in [0, 0.05) is 46.6 Å². The smallest absolute Gasteiger partial charge is 0.164 e. The van der Waals surface area contributed by atoms with E-state index in [0.717, 1.165) is 68.9 Å². The standard InChI is InChI=1S/C46H37N5/c1-32-40(43-25-11-13-27-48-43)22-15-23-41(32)46-50-44(36-21-14-20-35(28-36)42-24-10-2-3-12-26-47-42)49-45(51-46)39-30-37(33-16-6-4-7-17-33)29-38(31-39)34-18-8-5-9-19-34/h2-11,13-25,27-32,40H,12,26H2,1H3/b3-2+,24-10?,47-42?. The number of hydrogen-bond acceptors (Lipinski definition) is 5. The largest absolute Gasteiger partial charge is 0.284 e. The van der Waals surface area contributed by atoms with Crippen molar-refractivity contribution in [2.75, 3.05) is 6.54 Å². The lowest BCUT2D eigenvalue weighted by molar-refractivity contribution is 0.632. The second-order valence-electron chi connectivity index (χ2n) is 12.8. The Morgan fingerprint density at radius 2 is 1.18 bits per heavy atom. The van der Waals surface area contributed by atoms with E-state index in [0.29, 0.717) is 17.5 Å². The van der Waals surface area contributed by atoms with Crippen molar-refractivity contribution in [1.29, 1.82) is 0 Å². The Morgan fingerprint density at radius 1 is 0.549 bits per heavy atom. The molecule has 1 aliphatic heterocycles. The zero-order chi connectivity index (χ0) is 34.4. The lowest BCUT2D eigenvalue weighted by Gasteiger charge is -2.25. The minimum atomic E-state index is 0.0948. The zero-order valence-corrected chi connectivity index (χ0v) is 28.5. The Kier molecular flexibility index (Phi) is 9.17. The molecule has 0 N–H and O–H groups in total. The summed E-state index contributed by atoms with van der Waals surface area (Å²) in [4.78, 5) is 25.2. The maximum atomic E-state index is 5.25. The molecule has 2 aliphatic rings. The minimum absolute atomic E-state index is 0.0948. The van der Waals surface area contributed by atoms with Gasteiger partial charge in [0.1, 0.15) is 0 Å². The van der Waals surface area contributed by atoms with Gasteiger partial charge in [0.25, 0.3) is 0 Å². The molecule has 2 atom stereocenters. The maximum absolute atomic E-state index is 5.25. The van der Waals surface area contributed by atoms with E-state index in [-0.39, 0.29) is 11.8 Å². The van der Waals surface area contributed by atoms with Crippen LogP contribution in [-0.4, -0.2) is 32.2 Å². The van der Waals surface area contributed by atoms with Crippen LogP contribution in [0.5, 0.6) is 0 Å². The van der Waals surface area contributed by atoms with Gasteiger partial charge in [-0.1, -0.05) is 128 Å². The summed E-state index contributed by atoms with van der Waals surface area (Å²) in [6, 6.07) is 42.1. The van der Waals surface area contributed by atoms with Crippen molar-refractivity contribution < 1.29 is 0 Å². The van der Waals surface area contributed by atoms with Crippen LogP contribution in [0.3, 0.4) is 0 Å². The van der Waals surface area contributed by atoms with E-state index in [2.05, 4.69) is 147 Å². The van der Waals surface area contributed by atoms with Crippen molar-refractivity contribution in [3.8, 4) is 45.0 Å². The summed E-state index contributed by atoms with van der Waals surface area (Å²) in [7, 11) is 0. The predicted octanol–water partition coefficient (Wildman–Crippen LogP) is 10.6. The molecule has 3 heterocycles. The van der Waals surface area contributed by atoms with Crippen LogP contribution in [0.4, 0.5) is 0 Å². The van der Waals surface area contributed by atoms with Gasteiger partial charge in [-0.2, -0.15) is 0 Å². The molecule has 2 aromatic heterocycles. The van der Waals surface area contributed by atoms with E-state index in [1.165, 1.54) is 0 Å². The molecule has 5 nitrogen and oxygen atoms in total. The Labute approximate surface area is 299 Å². The maximum Gasteiger partial charge on any atom is 0.164 e. The van der Waals surface area contributed by atoms with E-state index in [9.17, 15) is 0 Å². The molecule has 1 aliphatic carbocycles. The van der Waals surface area contributed by atoms with E-state index in [1.807, 2.05) is 30.5 Å². The molecule has 0 amide bonds. The summed E-state index contributed by atoms with van der Waals surface area (Å²) < 4.78 is 0. The minimum Gasteiger partial charge on any atom is -0.284 e. The SMILES string of the molecule is CC1C(c2nc(-c3cccc(C4=NCC/C=C/C=C4)c3)nc(-c3cc(-c4ccccc4)cc(-c4ccccc4)c3)n2)=CC=CC1c1ccccn1. The van der Waals surface area contributed by atoms with Crippen molar-refractivity contribution >= 4 is 11.3 Å². The summed E-state index contributed by atoms with van der Waals surface area (Å²) in [6.45, 7) is 2.98. The van der Waals surface area contributed by atoms with Gasteiger partial charge in [-0.3, -0.25) is 9.98 Å². The van der Waals surface area contributed by atoms with Crippen LogP contribution in [0.2, 0.25) is 0 Å². The lowest BCUT2D eigenvalue weighted by Crippen LogP contribution is -2.16. The second-order valence-corrected chi connectivity index (χ2v) is 12.8. The Bertz CT molecular complexity index is 2260. The molecule has 0 bridgehead atoms. The lowest BCUT2D eigenvalue weighted by atomic mass is 9.81. The van der Waals surface area contributed by atoms with Crippen LogP contribution < -0.4 is 0 Å². The predicted molar refractivity (Wildman–Crippen MR) is 209 cm³/mol. The van der Waals surface area contributed by atoms with E-state index >= 15 is 0 Å². The highest BCUT2D eigenvalue weighted by Gasteiger charge is 2.27. The average molecular weight is 660 g/mol. The van der Waals surface area contributed by atoms with Crippen molar-refractivity contribution in [2.24, 2.45) is 10.9 Å². The molecule has 0 fully saturated rings. The number of allylic oxidation sites excluding steroid dienone is 7. The number of pyridine rings is 1. The molecule has 0 radical (unpaired) electrons. The Balaban J connectivity index is 1.30. The van der Waals surface area contributed by atoms with Crippen LogP contribution in [0.15, 0.2) is 175 Å². The summed E-state index contributed by atoms with van der Waals surface area (Å²) in [5.74, 6) is 2.11. The highest BCUT2D eigenvalue weighted by molar-refractivity contribution is 6.09. The molecular weight excluding hydrogens is 623 g/mol. The summed E-state index contributed by atoms with van der Waals surface area (Å²) >= 11 is 0. The highest BCUT2D eigenvalue weighted by Crippen LogP contribution is 2.39. The molecule has 0 spiro atoms.